The van der Waals surface area contributed by atoms with E-state index in [1.807, 2.05) is 11.9 Å². The van der Waals surface area contributed by atoms with Crippen molar-refractivity contribution in [2.75, 3.05) is 13.7 Å². The number of rotatable bonds is 5. The highest BCUT2D eigenvalue weighted by atomic mass is 16.3. The van der Waals surface area contributed by atoms with Crippen molar-refractivity contribution in [1.82, 2.24) is 4.90 Å². The first-order chi connectivity index (χ1) is 7.69. The first kappa shape index (κ1) is 13.5. The molecule has 16 heavy (non-hydrogen) atoms. The third kappa shape index (κ3) is 3.78. The maximum absolute atomic E-state index is 11.8. The molecule has 0 aromatic rings. The summed E-state index contributed by atoms with van der Waals surface area (Å²) in [4.78, 5) is 13.7. The second kappa shape index (κ2) is 6.89. The van der Waals surface area contributed by atoms with Gasteiger partial charge in [-0.05, 0) is 38.0 Å². The van der Waals surface area contributed by atoms with Crippen LogP contribution in [0.2, 0.25) is 0 Å². The molecule has 1 fully saturated rings. The normalized spacial score (nSPS) is 25.4. The van der Waals surface area contributed by atoms with Crippen LogP contribution in [-0.4, -0.2) is 35.6 Å². The molecule has 0 radical (unpaired) electrons. The zero-order chi connectivity index (χ0) is 12.0. The number of aliphatic hydroxyl groups excluding tert-OH is 1. The van der Waals surface area contributed by atoms with E-state index >= 15 is 0 Å². The molecule has 94 valence electrons. The van der Waals surface area contributed by atoms with E-state index in [4.69, 9.17) is 5.11 Å². The number of carbonyl (C=O) groups excluding carboxylic acids is 1. The molecule has 1 amide bonds. The van der Waals surface area contributed by atoms with E-state index in [1.54, 1.807) is 0 Å². The summed E-state index contributed by atoms with van der Waals surface area (Å²) in [5.41, 5.74) is 0. The average molecular weight is 227 g/mol. The number of aliphatic hydroxyl groups is 1. The Morgan fingerprint density at radius 3 is 2.44 bits per heavy atom. The van der Waals surface area contributed by atoms with E-state index < -0.39 is 0 Å². The number of hydrogen-bond donors (Lipinski definition) is 1. The summed E-state index contributed by atoms with van der Waals surface area (Å²) >= 11 is 0. The van der Waals surface area contributed by atoms with Crippen LogP contribution in [0.25, 0.3) is 0 Å². The van der Waals surface area contributed by atoms with Gasteiger partial charge in [0.1, 0.15) is 0 Å². The molecular weight excluding hydrogens is 202 g/mol. The van der Waals surface area contributed by atoms with Crippen LogP contribution in [0.5, 0.6) is 0 Å². The van der Waals surface area contributed by atoms with Crippen molar-refractivity contribution >= 4 is 5.91 Å². The summed E-state index contributed by atoms with van der Waals surface area (Å²) in [6.07, 6.45) is 7.18. The largest absolute Gasteiger partial charge is 0.396 e. The molecular formula is C13H25NO2. The van der Waals surface area contributed by atoms with Gasteiger partial charge >= 0.3 is 0 Å². The van der Waals surface area contributed by atoms with Crippen molar-refractivity contribution in [2.24, 2.45) is 5.92 Å². The molecule has 1 N–H and O–H groups in total. The van der Waals surface area contributed by atoms with Crippen molar-refractivity contribution in [3.63, 3.8) is 0 Å². The van der Waals surface area contributed by atoms with Gasteiger partial charge in [0, 0.05) is 26.1 Å². The minimum atomic E-state index is 0.113. The Morgan fingerprint density at radius 2 is 1.94 bits per heavy atom. The van der Waals surface area contributed by atoms with E-state index in [-0.39, 0.29) is 12.5 Å². The quantitative estimate of drug-likeness (QED) is 0.782. The van der Waals surface area contributed by atoms with Crippen molar-refractivity contribution in [2.45, 2.75) is 57.9 Å². The SMILES string of the molecule is CCC1CCC(N(C)C(=O)CCCO)CC1. The van der Waals surface area contributed by atoms with Gasteiger partial charge in [0.25, 0.3) is 0 Å². The second-order valence-corrected chi connectivity index (χ2v) is 4.91. The molecule has 0 heterocycles. The van der Waals surface area contributed by atoms with Gasteiger partial charge in [0.15, 0.2) is 0 Å². The van der Waals surface area contributed by atoms with Crippen LogP contribution >= 0.6 is 0 Å². The zero-order valence-corrected chi connectivity index (χ0v) is 10.6. The lowest BCUT2D eigenvalue weighted by molar-refractivity contribution is -0.133. The van der Waals surface area contributed by atoms with E-state index in [1.165, 1.54) is 19.3 Å². The number of hydrogen-bond acceptors (Lipinski definition) is 2. The van der Waals surface area contributed by atoms with Gasteiger partial charge in [-0.3, -0.25) is 4.79 Å². The van der Waals surface area contributed by atoms with Gasteiger partial charge in [-0.1, -0.05) is 13.3 Å². The molecule has 0 aliphatic heterocycles. The van der Waals surface area contributed by atoms with E-state index in [9.17, 15) is 4.79 Å². The fourth-order valence-corrected chi connectivity index (χ4v) is 2.55. The molecule has 0 bridgehead atoms. The lowest BCUT2D eigenvalue weighted by Gasteiger charge is -2.34. The first-order valence-electron chi connectivity index (χ1n) is 6.55. The second-order valence-electron chi connectivity index (χ2n) is 4.91. The molecule has 3 nitrogen and oxygen atoms in total. The van der Waals surface area contributed by atoms with Crippen LogP contribution in [0.1, 0.15) is 51.9 Å². The predicted octanol–water partition coefficient (Wildman–Crippen LogP) is 2.19. The van der Waals surface area contributed by atoms with Gasteiger partial charge in [0.05, 0.1) is 0 Å². The van der Waals surface area contributed by atoms with Crippen LogP contribution in [0.4, 0.5) is 0 Å². The molecule has 3 heteroatoms. The Hall–Kier alpha value is -0.570. The third-order valence-corrected chi connectivity index (χ3v) is 3.88. The van der Waals surface area contributed by atoms with Crippen molar-refractivity contribution in [3.8, 4) is 0 Å². The van der Waals surface area contributed by atoms with Crippen LogP contribution in [0, 0.1) is 5.92 Å². The van der Waals surface area contributed by atoms with Crippen LogP contribution < -0.4 is 0 Å². The summed E-state index contributed by atoms with van der Waals surface area (Å²) in [5.74, 6) is 1.06. The molecule has 1 rings (SSSR count). The minimum absolute atomic E-state index is 0.113. The Balaban J connectivity index is 2.32. The lowest BCUT2D eigenvalue weighted by atomic mass is 9.84. The number of nitrogens with zero attached hydrogens (tertiary/aromatic N) is 1. The lowest BCUT2D eigenvalue weighted by Crippen LogP contribution is -2.39. The predicted molar refractivity (Wildman–Crippen MR) is 65.1 cm³/mol. The maximum atomic E-state index is 11.8. The maximum Gasteiger partial charge on any atom is 0.222 e. The smallest absolute Gasteiger partial charge is 0.222 e. The summed E-state index contributed by atoms with van der Waals surface area (Å²) in [7, 11) is 1.91. The van der Waals surface area contributed by atoms with E-state index in [2.05, 4.69) is 6.92 Å². The molecule has 0 aromatic carbocycles. The summed E-state index contributed by atoms with van der Waals surface area (Å²) < 4.78 is 0. The minimum Gasteiger partial charge on any atom is -0.396 e. The molecule has 1 aliphatic carbocycles. The topological polar surface area (TPSA) is 40.5 Å². The van der Waals surface area contributed by atoms with Crippen LogP contribution in [0.3, 0.4) is 0 Å². The molecule has 0 unspecified atom stereocenters. The van der Waals surface area contributed by atoms with Crippen LogP contribution in [0.15, 0.2) is 0 Å². The van der Waals surface area contributed by atoms with E-state index in [0.29, 0.717) is 18.9 Å². The fraction of sp³-hybridized carbons (Fsp3) is 0.923. The Kier molecular flexibility index (Phi) is 5.81. The van der Waals surface area contributed by atoms with Gasteiger partial charge in [-0.25, -0.2) is 0 Å². The highest BCUT2D eigenvalue weighted by molar-refractivity contribution is 5.76. The standard InChI is InChI=1S/C13H25NO2/c1-3-11-6-8-12(9-7-11)14(2)13(16)5-4-10-15/h11-12,15H,3-10H2,1-2H3. The average Bonchev–Trinajstić information content (AvgIpc) is 2.35. The summed E-state index contributed by atoms with van der Waals surface area (Å²) in [6, 6.07) is 0.439. The molecule has 0 atom stereocenters. The number of amides is 1. The van der Waals surface area contributed by atoms with Crippen LogP contribution in [-0.2, 0) is 4.79 Å². The Labute approximate surface area is 98.8 Å². The zero-order valence-electron chi connectivity index (χ0n) is 10.6. The Bertz CT molecular complexity index is 210. The van der Waals surface area contributed by atoms with Gasteiger partial charge in [-0.2, -0.15) is 0 Å². The molecule has 0 saturated heterocycles. The van der Waals surface area contributed by atoms with Crippen molar-refractivity contribution < 1.29 is 9.90 Å². The highest BCUT2D eigenvalue weighted by Crippen LogP contribution is 2.29. The van der Waals surface area contributed by atoms with Gasteiger partial charge < -0.3 is 10.0 Å². The van der Waals surface area contributed by atoms with E-state index in [0.717, 1.165) is 18.8 Å². The number of carbonyl (C=O) groups is 1. The fourth-order valence-electron chi connectivity index (χ4n) is 2.55. The summed E-state index contributed by atoms with van der Waals surface area (Å²) in [5, 5.41) is 8.70. The van der Waals surface area contributed by atoms with Gasteiger partial charge in [-0.15, -0.1) is 0 Å². The highest BCUT2D eigenvalue weighted by Gasteiger charge is 2.25. The summed E-state index contributed by atoms with van der Waals surface area (Å²) in [6.45, 7) is 2.36. The third-order valence-electron chi connectivity index (χ3n) is 3.88. The van der Waals surface area contributed by atoms with Crippen molar-refractivity contribution in [3.05, 3.63) is 0 Å². The van der Waals surface area contributed by atoms with Gasteiger partial charge in [0.2, 0.25) is 5.91 Å². The molecule has 1 aliphatic rings. The molecule has 0 aromatic heterocycles. The first-order valence-corrected chi connectivity index (χ1v) is 6.55. The molecule has 1 saturated carbocycles. The van der Waals surface area contributed by atoms with Crippen molar-refractivity contribution in [1.29, 1.82) is 0 Å². The Morgan fingerprint density at radius 1 is 1.31 bits per heavy atom. The monoisotopic (exact) mass is 227 g/mol. The molecule has 0 spiro atoms.